The number of nitrogens with one attached hydrogen (secondary N) is 1. The standard InChI is InChI=1S/C14H22FNO2/c1-4-5-12(17)9-16-10(2)11-6-7-14(18-3)13(15)8-11/h6-8,10,12,16-17H,4-5,9H2,1-3H3. The lowest BCUT2D eigenvalue weighted by molar-refractivity contribution is 0.157. The topological polar surface area (TPSA) is 41.5 Å². The van der Waals surface area contributed by atoms with E-state index in [1.807, 2.05) is 19.9 Å². The first-order chi connectivity index (χ1) is 8.58. The molecule has 0 radical (unpaired) electrons. The summed E-state index contributed by atoms with van der Waals surface area (Å²) in [5.41, 5.74) is 0.844. The number of methoxy groups -OCH3 is 1. The highest BCUT2D eigenvalue weighted by molar-refractivity contribution is 5.30. The maximum absolute atomic E-state index is 13.5. The third-order valence-corrected chi connectivity index (χ3v) is 2.96. The van der Waals surface area contributed by atoms with E-state index in [1.54, 1.807) is 6.07 Å². The van der Waals surface area contributed by atoms with Gasteiger partial charge in [-0.2, -0.15) is 0 Å². The van der Waals surface area contributed by atoms with Gasteiger partial charge in [0.1, 0.15) is 0 Å². The first kappa shape index (κ1) is 14.9. The summed E-state index contributed by atoms with van der Waals surface area (Å²) in [6.45, 7) is 4.49. The summed E-state index contributed by atoms with van der Waals surface area (Å²) in [6, 6.07) is 4.90. The number of aliphatic hydroxyl groups is 1. The summed E-state index contributed by atoms with van der Waals surface area (Å²) in [4.78, 5) is 0. The van der Waals surface area contributed by atoms with E-state index in [4.69, 9.17) is 4.74 Å². The minimum atomic E-state index is -0.363. The molecule has 0 aromatic heterocycles. The maximum atomic E-state index is 13.5. The molecule has 0 aliphatic carbocycles. The molecule has 0 aliphatic heterocycles. The first-order valence-corrected chi connectivity index (χ1v) is 6.33. The lowest BCUT2D eigenvalue weighted by Crippen LogP contribution is -2.29. The average Bonchev–Trinajstić information content (AvgIpc) is 2.36. The van der Waals surface area contributed by atoms with Crippen LogP contribution in [0.1, 0.15) is 38.3 Å². The molecule has 0 saturated heterocycles. The molecule has 2 unspecified atom stereocenters. The van der Waals surface area contributed by atoms with Crippen molar-refractivity contribution in [3.05, 3.63) is 29.6 Å². The smallest absolute Gasteiger partial charge is 0.165 e. The summed E-state index contributed by atoms with van der Waals surface area (Å²) in [6.07, 6.45) is 1.38. The van der Waals surface area contributed by atoms with E-state index in [1.165, 1.54) is 13.2 Å². The van der Waals surface area contributed by atoms with Crippen molar-refractivity contribution in [2.75, 3.05) is 13.7 Å². The molecule has 0 spiro atoms. The van der Waals surface area contributed by atoms with Gasteiger partial charge in [-0.15, -0.1) is 0 Å². The Kier molecular flexibility index (Phi) is 6.09. The average molecular weight is 255 g/mol. The van der Waals surface area contributed by atoms with Gasteiger partial charge in [-0.3, -0.25) is 0 Å². The molecular formula is C14H22FNO2. The van der Waals surface area contributed by atoms with Gasteiger partial charge < -0.3 is 15.2 Å². The van der Waals surface area contributed by atoms with Gasteiger partial charge >= 0.3 is 0 Å². The number of hydrogen-bond acceptors (Lipinski definition) is 3. The van der Waals surface area contributed by atoms with Crippen LogP contribution in [0.2, 0.25) is 0 Å². The molecule has 1 aromatic carbocycles. The van der Waals surface area contributed by atoms with Gasteiger partial charge in [-0.05, 0) is 31.0 Å². The Hall–Kier alpha value is -1.13. The fourth-order valence-electron chi connectivity index (χ4n) is 1.82. The van der Waals surface area contributed by atoms with Crippen molar-refractivity contribution in [3.8, 4) is 5.75 Å². The van der Waals surface area contributed by atoms with Gasteiger partial charge in [-0.1, -0.05) is 19.4 Å². The maximum Gasteiger partial charge on any atom is 0.165 e. The Morgan fingerprint density at radius 2 is 2.17 bits per heavy atom. The Morgan fingerprint density at radius 1 is 1.44 bits per heavy atom. The van der Waals surface area contributed by atoms with E-state index in [2.05, 4.69) is 5.32 Å². The molecule has 3 nitrogen and oxygen atoms in total. The number of aliphatic hydroxyl groups excluding tert-OH is 1. The molecule has 0 aliphatic rings. The zero-order valence-corrected chi connectivity index (χ0v) is 11.2. The lowest BCUT2D eigenvalue weighted by atomic mass is 10.1. The van der Waals surface area contributed by atoms with Crippen molar-refractivity contribution in [2.24, 2.45) is 0 Å². The van der Waals surface area contributed by atoms with Crippen LogP contribution in [0.15, 0.2) is 18.2 Å². The number of halogens is 1. The Bertz CT molecular complexity index is 371. The second kappa shape index (κ2) is 7.34. The normalized spacial score (nSPS) is 14.3. The SMILES string of the molecule is CCCC(O)CNC(C)c1ccc(OC)c(F)c1. The van der Waals surface area contributed by atoms with Crippen molar-refractivity contribution in [1.82, 2.24) is 5.32 Å². The van der Waals surface area contributed by atoms with Crippen molar-refractivity contribution in [3.63, 3.8) is 0 Å². The van der Waals surface area contributed by atoms with Crippen LogP contribution in [-0.2, 0) is 0 Å². The minimum absolute atomic E-state index is 0.00286. The molecule has 1 aromatic rings. The molecule has 102 valence electrons. The highest BCUT2D eigenvalue weighted by atomic mass is 19.1. The lowest BCUT2D eigenvalue weighted by Gasteiger charge is -2.17. The van der Waals surface area contributed by atoms with Crippen LogP contribution in [-0.4, -0.2) is 24.9 Å². The quantitative estimate of drug-likeness (QED) is 0.787. The summed E-state index contributed by atoms with van der Waals surface area (Å²) < 4.78 is 18.4. The molecule has 2 N–H and O–H groups in total. The Balaban J connectivity index is 2.56. The molecule has 0 amide bonds. The molecule has 0 saturated carbocycles. The number of hydrogen-bond donors (Lipinski definition) is 2. The van der Waals surface area contributed by atoms with E-state index in [-0.39, 0.29) is 23.7 Å². The summed E-state index contributed by atoms with van der Waals surface area (Å²) in [7, 11) is 1.45. The van der Waals surface area contributed by atoms with E-state index < -0.39 is 0 Å². The molecular weight excluding hydrogens is 233 g/mol. The largest absolute Gasteiger partial charge is 0.494 e. The van der Waals surface area contributed by atoms with Crippen LogP contribution in [0.3, 0.4) is 0 Å². The fraction of sp³-hybridized carbons (Fsp3) is 0.571. The summed E-state index contributed by atoms with van der Waals surface area (Å²) in [5, 5.41) is 12.8. The number of benzene rings is 1. The predicted molar refractivity (Wildman–Crippen MR) is 70.3 cm³/mol. The van der Waals surface area contributed by atoms with Gasteiger partial charge in [0.15, 0.2) is 11.6 Å². The molecule has 0 fully saturated rings. The van der Waals surface area contributed by atoms with Crippen molar-refractivity contribution < 1.29 is 14.2 Å². The Labute approximate surface area is 108 Å². The first-order valence-electron chi connectivity index (χ1n) is 6.33. The van der Waals surface area contributed by atoms with E-state index in [9.17, 15) is 9.50 Å². The monoisotopic (exact) mass is 255 g/mol. The van der Waals surface area contributed by atoms with Gasteiger partial charge in [-0.25, -0.2) is 4.39 Å². The highest BCUT2D eigenvalue weighted by Gasteiger charge is 2.10. The van der Waals surface area contributed by atoms with Gasteiger partial charge in [0.05, 0.1) is 13.2 Å². The van der Waals surface area contributed by atoms with Crippen LogP contribution in [0.25, 0.3) is 0 Å². The molecule has 0 heterocycles. The number of rotatable bonds is 7. The van der Waals surface area contributed by atoms with Gasteiger partial charge in [0.2, 0.25) is 0 Å². The highest BCUT2D eigenvalue weighted by Crippen LogP contribution is 2.21. The van der Waals surface area contributed by atoms with E-state index in [0.29, 0.717) is 6.54 Å². The van der Waals surface area contributed by atoms with Crippen LogP contribution in [0.4, 0.5) is 4.39 Å². The summed E-state index contributed by atoms with van der Waals surface area (Å²) in [5.74, 6) is -0.116. The molecule has 0 bridgehead atoms. The van der Waals surface area contributed by atoms with E-state index in [0.717, 1.165) is 18.4 Å². The fourth-order valence-corrected chi connectivity index (χ4v) is 1.82. The predicted octanol–water partition coefficient (Wildman–Crippen LogP) is 2.65. The minimum Gasteiger partial charge on any atom is -0.494 e. The summed E-state index contributed by atoms with van der Waals surface area (Å²) >= 11 is 0. The third-order valence-electron chi connectivity index (χ3n) is 2.96. The van der Waals surface area contributed by atoms with Gasteiger partial charge in [0.25, 0.3) is 0 Å². The second-order valence-corrected chi connectivity index (χ2v) is 4.47. The van der Waals surface area contributed by atoms with Crippen molar-refractivity contribution >= 4 is 0 Å². The number of ether oxygens (including phenoxy) is 1. The third kappa shape index (κ3) is 4.27. The van der Waals surface area contributed by atoms with Crippen molar-refractivity contribution in [1.29, 1.82) is 0 Å². The second-order valence-electron chi connectivity index (χ2n) is 4.47. The zero-order valence-electron chi connectivity index (χ0n) is 11.2. The van der Waals surface area contributed by atoms with Crippen molar-refractivity contribution in [2.45, 2.75) is 38.8 Å². The molecule has 18 heavy (non-hydrogen) atoms. The molecule has 2 atom stereocenters. The van der Waals surface area contributed by atoms with Crippen LogP contribution >= 0.6 is 0 Å². The van der Waals surface area contributed by atoms with Crippen LogP contribution in [0, 0.1) is 5.82 Å². The van der Waals surface area contributed by atoms with Crippen LogP contribution in [0.5, 0.6) is 5.75 Å². The zero-order chi connectivity index (χ0) is 13.5. The molecule has 4 heteroatoms. The van der Waals surface area contributed by atoms with E-state index >= 15 is 0 Å². The van der Waals surface area contributed by atoms with Gasteiger partial charge in [0, 0.05) is 12.6 Å². The van der Waals surface area contributed by atoms with Crippen LogP contribution < -0.4 is 10.1 Å². The Morgan fingerprint density at radius 3 is 2.72 bits per heavy atom. The molecule has 1 rings (SSSR count).